The number of rotatable bonds is 3. The van der Waals surface area contributed by atoms with Crippen LogP contribution in [-0.4, -0.2) is 26.9 Å². The topological polar surface area (TPSA) is 0 Å². The molecule has 6 atom stereocenters. The van der Waals surface area contributed by atoms with E-state index >= 15 is 0 Å². The minimum atomic E-state index is -1.07. The molecule has 94 valence electrons. The molecule has 0 aromatic heterocycles. The van der Waals surface area contributed by atoms with Gasteiger partial charge >= 0.3 is 0 Å². The second-order valence-corrected chi connectivity index (χ2v) is 19.6. The van der Waals surface area contributed by atoms with Crippen molar-refractivity contribution in [2.75, 3.05) is 0 Å². The Morgan fingerprint density at radius 2 is 0.875 bits per heavy atom. The van der Waals surface area contributed by atoms with E-state index < -0.39 is 16.1 Å². The highest BCUT2D eigenvalue weighted by Crippen LogP contribution is 2.71. The fourth-order valence-electron chi connectivity index (χ4n) is 3.60. The number of halogens is 2. The average molecular weight is 295 g/mol. The molecule has 2 fully saturated rings. The maximum atomic E-state index is 6.51. The Morgan fingerprint density at radius 1 is 0.625 bits per heavy atom. The highest BCUT2D eigenvalue weighted by Gasteiger charge is 2.69. The summed E-state index contributed by atoms with van der Waals surface area (Å²) in [7, 11) is -2.13. The van der Waals surface area contributed by atoms with Gasteiger partial charge in [-0.25, -0.2) is 0 Å². The van der Waals surface area contributed by atoms with Gasteiger partial charge in [-0.3, -0.25) is 0 Å². The van der Waals surface area contributed by atoms with Gasteiger partial charge in [0.15, 0.2) is 0 Å². The Bertz CT molecular complexity index is 262. The molecule has 0 amide bonds. The number of hydrogen-bond donors (Lipinski definition) is 0. The second-order valence-electron chi connectivity index (χ2n) is 7.83. The van der Waals surface area contributed by atoms with Gasteiger partial charge in [-0.15, -0.1) is 23.2 Å². The summed E-state index contributed by atoms with van der Waals surface area (Å²) in [4.78, 5) is 0. The lowest BCUT2D eigenvalue weighted by molar-refractivity contribution is 0.709. The van der Waals surface area contributed by atoms with Crippen LogP contribution >= 0.6 is 23.2 Å². The average Bonchev–Trinajstić information content (AvgIpc) is 2.83. The van der Waals surface area contributed by atoms with E-state index in [1.807, 2.05) is 0 Å². The van der Waals surface area contributed by atoms with Crippen molar-refractivity contribution in [1.82, 2.24) is 0 Å². The Kier molecular flexibility index (Phi) is 3.15. The van der Waals surface area contributed by atoms with Gasteiger partial charge in [0.1, 0.15) is 0 Å². The van der Waals surface area contributed by atoms with Crippen LogP contribution in [0.1, 0.15) is 0 Å². The number of hydrogen-bond acceptors (Lipinski definition) is 0. The fraction of sp³-hybridized carbons (Fsp3) is 1.00. The van der Waals surface area contributed by atoms with E-state index in [0.717, 1.165) is 22.9 Å². The molecule has 2 aliphatic rings. The molecule has 0 heterocycles. The van der Waals surface area contributed by atoms with E-state index in [1.165, 1.54) is 0 Å². The summed E-state index contributed by atoms with van der Waals surface area (Å²) in [5.41, 5.74) is 1.64. The molecule has 0 nitrogen and oxygen atoms in total. The van der Waals surface area contributed by atoms with Crippen LogP contribution in [0.3, 0.4) is 0 Å². The van der Waals surface area contributed by atoms with Gasteiger partial charge in [-0.1, -0.05) is 39.3 Å². The third kappa shape index (κ3) is 2.15. The maximum Gasteiger partial charge on any atom is 0.0494 e. The first kappa shape index (κ1) is 13.4. The van der Waals surface area contributed by atoms with Gasteiger partial charge in [-0.05, 0) is 22.9 Å². The summed E-state index contributed by atoms with van der Waals surface area (Å²) in [5.74, 6) is 1.51. The van der Waals surface area contributed by atoms with Crippen LogP contribution in [0.5, 0.6) is 0 Å². The lowest BCUT2D eigenvalue weighted by Gasteiger charge is -2.17. The summed E-state index contributed by atoms with van der Waals surface area (Å²) < 4.78 is 0. The molecule has 0 bridgehead atoms. The van der Waals surface area contributed by atoms with Crippen molar-refractivity contribution in [2.45, 2.75) is 61.1 Å². The summed E-state index contributed by atoms with van der Waals surface area (Å²) in [6.45, 7) is 14.7. The molecule has 0 unspecified atom stereocenters. The molecule has 0 radical (unpaired) electrons. The van der Waals surface area contributed by atoms with E-state index in [4.69, 9.17) is 23.2 Å². The van der Waals surface area contributed by atoms with E-state index in [9.17, 15) is 0 Å². The molecule has 16 heavy (non-hydrogen) atoms. The third-order valence-electron chi connectivity index (χ3n) is 4.41. The first-order valence-electron chi connectivity index (χ1n) is 6.35. The minimum absolute atomic E-state index is 0.444. The zero-order valence-corrected chi connectivity index (χ0v) is 14.7. The van der Waals surface area contributed by atoms with Gasteiger partial charge in [0.2, 0.25) is 0 Å². The summed E-state index contributed by atoms with van der Waals surface area (Å²) >= 11 is 13.0. The van der Waals surface area contributed by atoms with Gasteiger partial charge in [0, 0.05) is 26.9 Å². The van der Waals surface area contributed by atoms with Crippen molar-refractivity contribution >= 4 is 39.3 Å². The Labute approximate surface area is 112 Å². The first-order valence-corrected chi connectivity index (χ1v) is 14.4. The Hall–Kier alpha value is 1.01. The third-order valence-corrected chi connectivity index (χ3v) is 11.4. The van der Waals surface area contributed by atoms with Gasteiger partial charge in [0.25, 0.3) is 0 Å². The van der Waals surface area contributed by atoms with Crippen LogP contribution < -0.4 is 0 Å². The Balaban J connectivity index is 2.04. The summed E-state index contributed by atoms with van der Waals surface area (Å²) in [6, 6.07) is 0. The molecule has 0 aromatic rings. The van der Waals surface area contributed by atoms with E-state index in [-0.39, 0.29) is 0 Å². The monoisotopic (exact) mass is 294 g/mol. The quantitative estimate of drug-likeness (QED) is 0.514. The SMILES string of the molecule is C[Si](C)(C)[C@@H]1[C@H](Cl)[C@@H]1[C@H]1[C@H](Cl)[C@@H]1[Si](C)(C)C. The molecule has 2 saturated carbocycles. The first-order chi connectivity index (χ1) is 7.07. The van der Waals surface area contributed by atoms with Crippen LogP contribution in [0.25, 0.3) is 0 Å². The van der Waals surface area contributed by atoms with Gasteiger partial charge in [0.05, 0.1) is 0 Å². The van der Waals surface area contributed by atoms with E-state index in [0.29, 0.717) is 10.8 Å². The van der Waals surface area contributed by atoms with Gasteiger partial charge in [-0.2, -0.15) is 0 Å². The molecule has 0 spiro atoms. The van der Waals surface area contributed by atoms with Crippen LogP contribution in [-0.2, 0) is 0 Å². The second kappa shape index (κ2) is 3.75. The molecule has 0 saturated heterocycles. The van der Waals surface area contributed by atoms with Crippen molar-refractivity contribution in [2.24, 2.45) is 11.8 Å². The normalized spacial score (nSPS) is 48.0. The lowest BCUT2D eigenvalue weighted by Crippen LogP contribution is -2.23. The lowest BCUT2D eigenvalue weighted by atomic mass is 10.3. The van der Waals surface area contributed by atoms with Crippen LogP contribution in [0.4, 0.5) is 0 Å². The minimum Gasteiger partial charge on any atom is -0.123 e. The van der Waals surface area contributed by atoms with Crippen molar-refractivity contribution in [3.05, 3.63) is 0 Å². The molecule has 0 aromatic carbocycles. The Morgan fingerprint density at radius 3 is 1.00 bits per heavy atom. The fourth-order valence-corrected chi connectivity index (χ4v) is 12.2. The predicted octanol–water partition coefficient (Wildman–Crippen LogP) is 4.88. The zero-order valence-electron chi connectivity index (χ0n) is 11.2. The van der Waals surface area contributed by atoms with Crippen LogP contribution in [0.2, 0.25) is 50.4 Å². The van der Waals surface area contributed by atoms with Crippen LogP contribution in [0.15, 0.2) is 0 Å². The maximum absolute atomic E-state index is 6.51. The van der Waals surface area contributed by atoms with Crippen molar-refractivity contribution in [3.8, 4) is 0 Å². The van der Waals surface area contributed by atoms with E-state index in [1.54, 1.807) is 0 Å². The van der Waals surface area contributed by atoms with E-state index in [2.05, 4.69) is 39.3 Å². The highest BCUT2D eigenvalue weighted by atomic mass is 35.5. The standard InChI is InChI=1S/C12H24Cl2Si2/c1-15(2,3)11-7(9(11)13)8-10(14)12(8)16(4,5)6/h7-12H,1-6H3/t7-,8-,9-,10+,11+,12-/m0/s1. The molecule has 4 heteroatoms. The summed E-state index contributed by atoms with van der Waals surface area (Å²) in [5, 5.41) is 0.888. The molecule has 0 N–H and O–H groups in total. The smallest absolute Gasteiger partial charge is 0.0494 e. The van der Waals surface area contributed by atoms with Crippen LogP contribution in [0, 0.1) is 11.8 Å². The largest absolute Gasteiger partial charge is 0.123 e. The van der Waals surface area contributed by atoms with Crippen molar-refractivity contribution in [3.63, 3.8) is 0 Å². The van der Waals surface area contributed by atoms with Crippen molar-refractivity contribution in [1.29, 1.82) is 0 Å². The van der Waals surface area contributed by atoms with Gasteiger partial charge < -0.3 is 0 Å². The van der Waals surface area contributed by atoms with Crippen molar-refractivity contribution < 1.29 is 0 Å². The predicted molar refractivity (Wildman–Crippen MR) is 80.5 cm³/mol. The summed E-state index contributed by atoms with van der Waals surface area (Å²) in [6.07, 6.45) is 0. The highest BCUT2D eigenvalue weighted by molar-refractivity contribution is 6.80. The molecule has 2 rings (SSSR count). The molecule has 0 aliphatic heterocycles. The number of alkyl halides is 2. The zero-order chi connectivity index (χ0) is 12.5. The molecule has 2 aliphatic carbocycles. The molecular weight excluding hydrogens is 271 g/mol. The molecular formula is C12H24Cl2Si2.